The third kappa shape index (κ3) is 2.18. The van der Waals surface area contributed by atoms with Gasteiger partial charge in [0.05, 0.1) is 0 Å². The second kappa shape index (κ2) is 3.47. The van der Waals surface area contributed by atoms with Crippen LogP contribution in [0.25, 0.3) is 0 Å². The van der Waals surface area contributed by atoms with Gasteiger partial charge < -0.3 is 4.90 Å². The van der Waals surface area contributed by atoms with Gasteiger partial charge in [0.15, 0.2) is 0 Å². The van der Waals surface area contributed by atoms with Crippen LogP contribution in [0.15, 0.2) is 0 Å². The molecule has 0 aromatic heterocycles. The van der Waals surface area contributed by atoms with Gasteiger partial charge in [-0.25, -0.2) is 0 Å². The van der Waals surface area contributed by atoms with Crippen LogP contribution in [0.5, 0.6) is 0 Å². The number of hydrogen-bond donors (Lipinski definition) is 0. The van der Waals surface area contributed by atoms with Gasteiger partial charge in [-0.1, -0.05) is 6.92 Å². The van der Waals surface area contributed by atoms with Gasteiger partial charge in [-0.2, -0.15) is 11.8 Å². The van der Waals surface area contributed by atoms with E-state index < -0.39 is 0 Å². The fourth-order valence-electron chi connectivity index (χ4n) is 1.11. The smallest absolute Gasteiger partial charge is 0.0172 e. The Hall–Kier alpha value is 0.310. The van der Waals surface area contributed by atoms with Crippen LogP contribution in [0, 0.1) is 0 Å². The van der Waals surface area contributed by atoms with Crippen LogP contribution in [-0.2, 0) is 0 Å². The molecule has 1 aliphatic heterocycles. The Bertz CT molecular complexity index is 85.0. The number of hydrogen-bond acceptors (Lipinski definition) is 2. The zero-order chi connectivity index (χ0) is 6.69. The van der Waals surface area contributed by atoms with Crippen LogP contribution in [0.3, 0.4) is 0 Å². The molecule has 1 saturated heterocycles. The van der Waals surface area contributed by atoms with Gasteiger partial charge >= 0.3 is 0 Å². The van der Waals surface area contributed by atoms with Crippen LogP contribution in [0.2, 0.25) is 0 Å². The lowest BCUT2D eigenvalue weighted by atomic mass is 10.3. The Morgan fingerprint density at radius 1 is 1.67 bits per heavy atom. The van der Waals surface area contributed by atoms with Gasteiger partial charge in [-0.05, 0) is 13.5 Å². The van der Waals surface area contributed by atoms with Crippen LogP contribution in [-0.4, -0.2) is 36.0 Å². The Morgan fingerprint density at radius 2 is 2.44 bits per heavy atom. The molecule has 1 atom stereocenters. The highest BCUT2D eigenvalue weighted by Crippen LogP contribution is 2.19. The minimum Gasteiger partial charge on any atom is -0.304 e. The first kappa shape index (κ1) is 7.42. The third-order valence-corrected chi connectivity index (χ3v) is 3.17. The summed E-state index contributed by atoms with van der Waals surface area (Å²) in [6.07, 6.45) is 1.33. The van der Waals surface area contributed by atoms with Crippen molar-refractivity contribution in [1.82, 2.24) is 4.90 Å². The van der Waals surface area contributed by atoms with Crippen molar-refractivity contribution in [1.29, 1.82) is 0 Å². The Kier molecular flexibility index (Phi) is 2.86. The summed E-state index contributed by atoms with van der Waals surface area (Å²) in [5, 5.41) is 0.906. The van der Waals surface area contributed by atoms with E-state index in [1.54, 1.807) is 0 Å². The molecule has 0 spiro atoms. The van der Waals surface area contributed by atoms with Crippen molar-refractivity contribution < 1.29 is 0 Å². The third-order valence-electron chi connectivity index (χ3n) is 1.80. The molecule has 1 nitrogen and oxygen atoms in total. The van der Waals surface area contributed by atoms with Crippen molar-refractivity contribution in [3.63, 3.8) is 0 Å². The molecule has 0 aliphatic carbocycles. The highest BCUT2D eigenvalue weighted by atomic mass is 32.2. The normalized spacial score (nSPS) is 30.7. The van der Waals surface area contributed by atoms with Crippen molar-refractivity contribution >= 4 is 11.8 Å². The van der Waals surface area contributed by atoms with Crippen LogP contribution >= 0.6 is 11.8 Å². The number of nitrogens with zero attached hydrogens (tertiary/aromatic N) is 1. The molecule has 0 radical (unpaired) electrons. The van der Waals surface area contributed by atoms with Crippen molar-refractivity contribution in [3.05, 3.63) is 0 Å². The van der Waals surface area contributed by atoms with E-state index in [1.807, 2.05) is 0 Å². The molecular weight excluding hydrogens is 130 g/mol. The molecule has 1 aliphatic rings. The monoisotopic (exact) mass is 145 g/mol. The molecule has 0 amide bonds. The maximum absolute atomic E-state index is 2.42. The van der Waals surface area contributed by atoms with E-state index in [0.29, 0.717) is 0 Å². The Labute approximate surface area is 61.8 Å². The van der Waals surface area contributed by atoms with Gasteiger partial charge in [0, 0.05) is 24.1 Å². The van der Waals surface area contributed by atoms with E-state index in [-0.39, 0.29) is 0 Å². The Morgan fingerprint density at radius 3 is 2.89 bits per heavy atom. The minimum atomic E-state index is 0.906. The summed E-state index contributed by atoms with van der Waals surface area (Å²) in [4.78, 5) is 2.42. The molecule has 2 heteroatoms. The van der Waals surface area contributed by atoms with Crippen LogP contribution in [0.4, 0.5) is 0 Å². The summed E-state index contributed by atoms with van der Waals surface area (Å²) in [5.74, 6) is 1.33. The summed E-state index contributed by atoms with van der Waals surface area (Å²) < 4.78 is 0. The van der Waals surface area contributed by atoms with Gasteiger partial charge in [0.25, 0.3) is 0 Å². The molecule has 9 heavy (non-hydrogen) atoms. The SMILES string of the molecule is CCC1CN(C)CCS1. The molecule has 1 unspecified atom stereocenters. The average Bonchev–Trinajstić information content (AvgIpc) is 1.88. The fraction of sp³-hybridized carbons (Fsp3) is 1.00. The lowest BCUT2D eigenvalue weighted by Gasteiger charge is -2.28. The first-order valence-electron chi connectivity index (χ1n) is 3.63. The van der Waals surface area contributed by atoms with Crippen molar-refractivity contribution in [2.75, 3.05) is 25.9 Å². The maximum atomic E-state index is 2.42. The first-order chi connectivity index (χ1) is 4.33. The van der Waals surface area contributed by atoms with Gasteiger partial charge in [-0.3, -0.25) is 0 Å². The first-order valence-corrected chi connectivity index (χ1v) is 4.68. The highest BCUT2D eigenvalue weighted by molar-refractivity contribution is 8.00. The zero-order valence-corrected chi connectivity index (χ0v) is 7.08. The molecule has 0 N–H and O–H groups in total. The van der Waals surface area contributed by atoms with E-state index in [9.17, 15) is 0 Å². The van der Waals surface area contributed by atoms with Crippen molar-refractivity contribution in [3.8, 4) is 0 Å². The standard InChI is InChI=1S/C7H15NS/c1-3-7-6-8(2)4-5-9-7/h7H,3-6H2,1-2H3. The molecular formula is C7H15NS. The molecule has 0 bridgehead atoms. The van der Waals surface area contributed by atoms with Gasteiger partial charge in [-0.15, -0.1) is 0 Å². The molecule has 1 heterocycles. The topological polar surface area (TPSA) is 3.24 Å². The molecule has 0 aromatic carbocycles. The quantitative estimate of drug-likeness (QED) is 0.549. The molecule has 1 fully saturated rings. The lowest BCUT2D eigenvalue weighted by Crippen LogP contribution is -2.34. The average molecular weight is 145 g/mol. The molecule has 0 aromatic rings. The Balaban J connectivity index is 2.23. The summed E-state index contributed by atoms with van der Waals surface area (Å²) in [6, 6.07) is 0. The van der Waals surface area contributed by atoms with Crippen molar-refractivity contribution in [2.45, 2.75) is 18.6 Å². The highest BCUT2D eigenvalue weighted by Gasteiger charge is 2.14. The number of rotatable bonds is 1. The number of thioether (sulfide) groups is 1. The summed E-state index contributed by atoms with van der Waals surface area (Å²) in [7, 11) is 2.21. The van der Waals surface area contributed by atoms with E-state index in [1.165, 1.54) is 25.3 Å². The summed E-state index contributed by atoms with van der Waals surface area (Å²) in [5.41, 5.74) is 0. The van der Waals surface area contributed by atoms with Gasteiger partial charge in [0.1, 0.15) is 0 Å². The molecule has 54 valence electrons. The van der Waals surface area contributed by atoms with E-state index in [2.05, 4.69) is 30.6 Å². The van der Waals surface area contributed by atoms with E-state index >= 15 is 0 Å². The summed E-state index contributed by atoms with van der Waals surface area (Å²) in [6.45, 7) is 4.85. The van der Waals surface area contributed by atoms with Crippen molar-refractivity contribution in [2.24, 2.45) is 0 Å². The van der Waals surface area contributed by atoms with Gasteiger partial charge in [0.2, 0.25) is 0 Å². The lowest BCUT2D eigenvalue weighted by molar-refractivity contribution is 0.343. The predicted octanol–water partition coefficient (Wildman–Crippen LogP) is 1.44. The zero-order valence-electron chi connectivity index (χ0n) is 6.26. The predicted molar refractivity (Wildman–Crippen MR) is 44.0 cm³/mol. The maximum Gasteiger partial charge on any atom is 0.0172 e. The molecule has 0 saturated carbocycles. The van der Waals surface area contributed by atoms with Crippen LogP contribution < -0.4 is 0 Å². The van der Waals surface area contributed by atoms with E-state index in [4.69, 9.17) is 0 Å². The van der Waals surface area contributed by atoms with E-state index in [0.717, 1.165) is 5.25 Å². The largest absolute Gasteiger partial charge is 0.304 e. The second-order valence-electron chi connectivity index (χ2n) is 2.66. The second-order valence-corrected chi connectivity index (χ2v) is 4.07. The summed E-state index contributed by atoms with van der Waals surface area (Å²) >= 11 is 2.13. The minimum absolute atomic E-state index is 0.906. The van der Waals surface area contributed by atoms with Crippen LogP contribution in [0.1, 0.15) is 13.3 Å². The fourth-order valence-corrected chi connectivity index (χ4v) is 2.46. The molecule has 1 rings (SSSR count).